The molecule has 0 radical (unpaired) electrons. The van der Waals surface area contributed by atoms with Gasteiger partial charge >= 0.3 is 11.9 Å². The van der Waals surface area contributed by atoms with Crippen LogP contribution in [0.4, 0.5) is 8.78 Å². The second kappa shape index (κ2) is 5.10. The van der Waals surface area contributed by atoms with E-state index in [2.05, 4.69) is 20.7 Å². The van der Waals surface area contributed by atoms with Crippen molar-refractivity contribution in [1.82, 2.24) is 0 Å². The van der Waals surface area contributed by atoms with Gasteiger partial charge in [-0.15, -0.1) is 0 Å². The quantitative estimate of drug-likeness (QED) is 0.794. The lowest BCUT2D eigenvalue weighted by molar-refractivity contribution is -0.173. The number of esters is 1. The number of benzene rings is 1. The number of rotatable bonds is 3. The van der Waals surface area contributed by atoms with Crippen LogP contribution in [0.1, 0.15) is 12.5 Å². The van der Waals surface area contributed by atoms with Gasteiger partial charge in [-0.1, -0.05) is 23.7 Å². The molecule has 0 unspecified atom stereocenters. The zero-order valence-corrected chi connectivity index (χ0v) is 10.6. The second-order valence-corrected chi connectivity index (χ2v) is 4.13. The first-order valence-electron chi connectivity index (χ1n) is 4.40. The van der Waals surface area contributed by atoms with E-state index in [0.717, 1.165) is 6.07 Å². The van der Waals surface area contributed by atoms with E-state index in [4.69, 9.17) is 11.6 Å². The number of alkyl halides is 2. The molecule has 0 heterocycles. The third-order valence-corrected chi connectivity index (χ3v) is 3.12. The van der Waals surface area contributed by atoms with Gasteiger partial charge in [0.1, 0.15) is 0 Å². The van der Waals surface area contributed by atoms with Crippen molar-refractivity contribution < 1.29 is 18.3 Å². The molecule has 0 N–H and O–H groups in total. The predicted molar refractivity (Wildman–Crippen MR) is 59.7 cm³/mol. The number of carbonyl (C=O) groups is 1. The van der Waals surface area contributed by atoms with Gasteiger partial charge in [-0.2, -0.15) is 8.78 Å². The van der Waals surface area contributed by atoms with Gasteiger partial charge in [0, 0.05) is 4.47 Å². The number of hydrogen-bond donors (Lipinski definition) is 0. The Labute approximate surface area is 105 Å². The summed E-state index contributed by atoms with van der Waals surface area (Å²) in [5, 5.41) is -0.194. The van der Waals surface area contributed by atoms with Crippen LogP contribution < -0.4 is 0 Å². The van der Waals surface area contributed by atoms with Crippen molar-refractivity contribution in [2.75, 3.05) is 6.61 Å². The van der Waals surface area contributed by atoms with E-state index in [1.54, 1.807) is 0 Å². The molecule has 6 heteroatoms. The minimum Gasteiger partial charge on any atom is -0.461 e. The van der Waals surface area contributed by atoms with E-state index in [-0.39, 0.29) is 11.6 Å². The molecule has 0 amide bonds. The fourth-order valence-corrected chi connectivity index (χ4v) is 1.69. The van der Waals surface area contributed by atoms with Gasteiger partial charge in [-0.05, 0) is 28.9 Å². The van der Waals surface area contributed by atoms with Crippen molar-refractivity contribution in [1.29, 1.82) is 0 Å². The molecule has 0 atom stereocenters. The van der Waals surface area contributed by atoms with Gasteiger partial charge in [0.15, 0.2) is 0 Å². The van der Waals surface area contributed by atoms with Crippen molar-refractivity contribution >= 4 is 33.5 Å². The number of ether oxygens (including phenoxy) is 1. The SMILES string of the molecule is CCOC(=O)C(F)(F)c1cccc(Br)c1Cl. The third kappa shape index (κ3) is 2.52. The maximum Gasteiger partial charge on any atom is 0.382 e. The lowest BCUT2D eigenvalue weighted by Crippen LogP contribution is -2.28. The normalized spacial score (nSPS) is 11.3. The fraction of sp³-hybridized carbons (Fsp3) is 0.300. The van der Waals surface area contributed by atoms with Gasteiger partial charge in [0.05, 0.1) is 17.2 Å². The summed E-state index contributed by atoms with van der Waals surface area (Å²) in [6.45, 7) is 1.34. The van der Waals surface area contributed by atoms with Crippen LogP contribution in [0.2, 0.25) is 5.02 Å². The smallest absolute Gasteiger partial charge is 0.382 e. The molecule has 0 aliphatic heterocycles. The molecule has 0 fully saturated rings. The molecule has 0 bridgehead atoms. The van der Waals surface area contributed by atoms with E-state index in [1.807, 2.05) is 0 Å². The first-order valence-corrected chi connectivity index (χ1v) is 5.57. The summed E-state index contributed by atoms with van der Waals surface area (Å²) < 4.78 is 31.8. The molecule has 0 saturated carbocycles. The lowest BCUT2D eigenvalue weighted by Gasteiger charge is -2.16. The number of hydrogen-bond acceptors (Lipinski definition) is 2. The highest BCUT2D eigenvalue weighted by Crippen LogP contribution is 2.37. The average Bonchev–Trinajstić information content (AvgIpc) is 2.22. The zero-order valence-electron chi connectivity index (χ0n) is 8.27. The van der Waals surface area contributed by atoms with Crippen LogP contribution in [0.25, 0.3) is 0 Å². The molecule has 16 heavy (non-hydrogen) atoms. The molecular formula is C10H8BrClF2O2. The summed E-state index contributed by atoms with van der Waals surface area (Å²) in [5.74, 6) is -5.34. The summed E-state index contributed by atoms with van der Waals surface area (Å²) in [4.78, 5) is 11.1. The third-order valence-electron chi connectivity index (χ3n) is 1.82. The van der Waals surface area contributed by atoms with Gasteiger partial charge < -0.3 is 4.74 Å². The molecule has 1 aromatic rings. The maximum atomic E-state index is 13.6. The molecule has 0 spiro atoms. The molecule has 1 rings (SSSR count). The van der Waals surface area contributed by atoms with Crippen LogP contribution in [0.15, 0.2) is 22.7 Å². The highest BCUT2D eigenvalue weighted by molar-refractivity contribution is 9.10. The monoisotopic (exact) mass is 312 g/mol. The Morgan fingerprint density at radius 3 is 2.75 bits per heavy atom. The molecular weight excluding hydrogens is 305 g/mol. The Morgan fingerprint density at radius 1 is 1.56 bits per heavy atom. The Morgan fingerprint density at radius 2 is 2.19 bits per heavy atom. The van der Waals surface area contributed by atoms with Gasteiger partial charge in [0.2, 0.25) is 0 Å². The average molecular weight is 314 g/mol. The molecule has 2 nitrogen and oxygen atoms in total. The van der Waals surface area contributed by atoms with Gasteiger partial charge in [0.25, 0.3) is 0 Å². The standard InChI is InChI=1S/C10H8BrClF2O2/c1-2-16-9(15)10(13,14)6-4-3-5-7(11)8(6)12/h3-5H,2H2,1H3. The van der Waals surface area contributed by atoms with Crippen molar-refractivity contribution in [3.63, 3.8) is 0 Å². The molecule has 0 aliphatic rings. The van der Waals surface area contributed by atoms with Crippen molar-refractivity contribution in [2.24, 2.45) is 0 Å². The molecule has 0 saturated heterocycles. The summed E-state index contributed by atoms with van der Waals surface area (Å²) in [5.41, 5.74) is -0.568. The fourth-order valence-electron chi connectivity index (χ4n) is 1.08. The topological polar surface area (TPSA) is 26.3 Å². The van der Waals surface area contributed by atoms with E-state index in [0.29, 0.717) is 4.47 Å². The predicted octanol–water partition coefficient (Wildman–Crippen LogP) is 3.76. The Kier molecular flexibility index (Phi) is 4.27. The maximum absolute atomic E-state index is 13.6. The van der Waals surface area contributed by atoms with E-state index >= 15 is 0 Å². The lowest BCUT2D eigenvalue weighted by atomic mass is 10.1. The summed E-state index contributed by atoms with van der Waals surface area (Å²) in [6.07, 6.45) is 0. The Bertz CT molecular complexity index is 410. The van der Waals surface area contributed by atoms with Gasteiger partial charge in [-0.25, -0.2) is 4.79 Å². The van der Waals surface area contributed by atoms with Crippen LogP contribution in [0.5, 0.6) is 0 Å². The summed E-state index contributed by atoms with van der Waals surface area (Å²) in [7, 11) is 0. The van der Waals surface area contributed by atoms with E-state index in [1.165, 1.54) is 19.1 Å². The zero-order chi connectivity index (χ0) is 12.3. The number of halogens is 4. The van der Waals surface area contributed by atoms with Crippen LogP contribution in [-0.4, -0.2) is 12.6 Å². The Balaban J connectivity index is 3.16. The van der Waals surface area contributed by atoms with Crippen molar-refractivity contribution in [2.45, 2.75) is 12.8 Å². The first kappa shape index (κ1) is 13.4. The molecule has 1 aromatic carbocycles. The summed E-state index contributed by atoms with van der Waals surface area (Å²) in [6, 6.07) is 3.97. The van der Waals surface area contributed by atoms with Crippen LogP contribution in [0, 0.1) is 0 Å². The van der Waals surface area contributed by atoms with Crippen molar-refractivity contribution in [3.05, 3.63) is 33.3 Å². The molecule has 88 valence electrons. The summed E-state index contributed by atoms with van der Waals surface area (Å²) >= 11 is 8.70. The molecule has 0 aliphatic carbocycles. The van der Waals surface area contributed by atoms with Crippen LogP contribution in [-0.2, 0) is 15.5 Å². The highest BCUT2D eigenvalue weighted by atomic mass is 79.9. The number of carbonyl (C=O) groups excluding carboxylic acids is 1. The first-order chi connectivity index (χ1) is 7.41. The largest absolute Gasteiger partial charge is 0.461 e. The van der Waals surface area contributed by atoms with Crippen LogP contribution in [0.3, 0.4) is 0 Å². The van der Waals surface area contributed by atoms with E-state index < -0.39 is 17.5 Å². The highest BCUT2D eigenvalue weighted by Gasteiger charge is 2.44. The van der Waals surface area contributed by atoms with Crippen LogP contribution >= 0.6 is 27.5 Å². The second-order valence-electron chi connectivity index (χ2n) is 2.90. The minimum atomic E-state index is -3.74. The van der Waals surface area contributed by atoms with Gasteiger partial charge in [-0.3, -0.25) is 0 Å². The Hall–Kier alpha value is -0.680. The van der Waals surface area contributed by atoms with E-state index in [9.17, 15) is 13.6 Å². The van der Waals surface area contributed by atoms with Crippen molar-refractivity contribution in [3.8, 4) is 0 Å². The minimum absolute atomic E-state index is 0.111. The molecule has 0 aromatic heterocycles.